The smallest absolute Gasteiger partial charge is 0.352 e. The molecule has 0 saturated carbocycles. The Morgan fingerprint density at radius 1 is 1.23 bits per heavy atom. The Labute approximate surface area is 182 Å². The van der Waals surface area contributed by atoms with Crippen LogP contribution in [0.4, 0.5) is 5.95 Å². The van der Waals surface area contributed by atoms with Crippen molar-refractivity contribution in [3.8, 4) is 11.4 Å². The van der Waals surface area contributed by atoms with Gasteiger partial charge < -0.3 is 10.1 Å². The van der Waals surface area contributed by atoms with Crippen LogP contribution in [0.5, 0.6) is 5.75 Å². The molecule has 9 nitrogen and oxygen atoms in total. The van der Waals surface area contributed by atoms with Gasteiger partial charge in [0, 0.05) is 23.7 Å². The van der Waals surface area contributed by atoms with Crippen LogP contribution in [0.15, 0.2) is 52.3 Å². The molecule has 2 aliphatic rings. The van der Waals surface area contributed by atoms with E-state index in [0.29, 0.717) is 36.3 Å². The molecule has 0 atom stereocenters. The number of carbonyl (C=O) groups is 1. The van der Waals surface area contributed by atoms with Crippen LogP contribution in [0.3, 0.4) is 0 Å². The third kappa shape index (κ3) is 3.36. The van der Waals surface area contributed by atoms with Crippen LogP contribution in [-0.2, 0) is 17.9 Å². The SMILES string of the molecule is COc1ccc(CNC(=O)Cn2nc3n(c2=O)-c2cc(Cl)ccc2C2=NCCN23)cc1. The number of amides is 1. The maximum absolute atomic E-state index is 13.1. The van der Waals surface area contributed by atoms with Gasteiger partial charge in [0.05, 0.1) is 19.3 Å². The molecule has 0 radical (unpaired) electrons. The van der Waals surface area contributed by atoms with Crippen LogP contribution in [-0.4, -0.2) is 46.3 Å². The maximum atomic E-state index is 13.1. The van der Waals surface area contributed by atoms with E-state index >= 15 is 0 Å². The predicted molar refractivity (Wildman–Crippen MR) is 116 cm³/mol. The Bertz CT molecular complexity index is 1260. The van der Waals surface area contributed by atoms with Gasteiger partial charge in [-0.15, -0.1) is 5.10 Å². The normalized spacial score (nSPS) is 13.9. The summed E-state index contributed by atoms with van der Waals surface area (Å²) in [5, 5.41) is 7.76. The molecule has 0 spiro atoms. The Morgan fingerprint density at radius 3 is 2.81 bits per heavy atom. The Kier molecular flexibility index (Phi) is 4.74. The standard InChI is InChI=1S/C21H19ClN6O3/c1-31-15-5-2-13(3-6-15)11-24-18(29)12-27-21(30)28-17-10-14(22)4-7-16(17)19-23-8-9-26(19)20(28)25-27/h2-7,10H,8-9,11-12H2,1H3,(H,24,29). The molecule has 1 aromatic heterocycles. The van der Waals surface area contributed by atoms with Crippen LogP contribution < -0.4 is 20.6 Å². The van der Waals surface area contributed by atoms with E-state index in [4.69, 9.17) is 16.3 Å². The Morgan fingerprint density at radius 2 is 2.03 bits per heavy atom. The summed E-state index contributed by atoms with van der Waals surface area (Å²) in [5.41, 5.74) is 1.96. The third-order valence-corrected chi connectivity index (χ3v) is 5.52. The first kappa shape index (κ1) is 19.4. The van der Waals surface area contributed by atoms with Gasteiger partial charge in [0.2, 0.25) is 11.9 Å². The van der Waals surface area contributed by atoms with Crippen molar-refractivity contribution in [2.24, 2.45) is 4.99 Å². The number of hydrogen-bond acceptors (Lipinski definition) is 6. The van der Waals surface area contributed by atoms with Crippen molar-refractivity contribution in [3.05, 3.63) is 69.1 Å². The van der Waals surface area contributed by atoms with Crippen LogP contribution >= 0.6 is 11.6 Å². The topological polar surface area (TPSA) is 93.8 Å². The zero-order chi connectivity index (χ0) is 21.5. The fraction of sp³-hybridized carbons (Fsp3) is 0.238. The Hall–Kier alpha value is -3.59. The molecule has 31 heavy (non-hydrogen) atoms. The van der Waals surface area contributed by atoms with Crippen molar-refractivity contribution in [1.82, 2.24) is 19.7 Å². The zero-order valence-electron chi connectivity index (χ0n) is 16.7. The van der Waals surface area contributed by atoms with E-state index in [9.17, 15) is 9.59 Å². The summed E-state index contributed by atoms with van der Waals surface area (Å²) in [6.07, 6.45) is 0. The molecule has 10 heteroatoms. The number of nitrogens with one attached hydrogen (secondary N) is 1. The predicted octanol–water partition coefficient (Wildman–Crippen LogP) is 1.59. The molecule has 2 aromatic carbocycles. The summed E-state index contributed by atoms with van der Waals surface area (Å²) < 4.78 is 7.79. The molecule has 3 heterocycles. The van der Waals surface area contributed by atoms with Crippen molar-refractivity contribution >= 4 is 29.3 Å². The number of anilines is 1. The molecule has 5 rings (SSSR count). The number of fused-ring (bicyclic) bond motifs is 6. The number of aromatic nitrogens is 3. The first-order valence-electron chi connectivity index (χ1n) is 9.77. The van der Waals surface area contributed by atoms with Crippen molar-refractivity contribution in [2.75, 3.05) is 25.1 Å². The quantitative estimate of drug-likeness (QED) is 0.653. The highest BCUT2D eigenvalue weighted by Gasteiger charge is 2.34. The van der Waals surface area contributed by atoms with Gasteiger partial charge in [0.25, 0.3) is 0 Å². The van der Waals surface area contributed by atoms with Crippen molar-refractivity contribution < 1.29 is 9.53 Å². The molecule has 0 fully saturated rings. The number of halogens is 1. The number of amidine groups is 1. The minimum Gasteiger partial charge on any atom is -0.497 e. The van der Waals surface area contributed by atoms with Crippen LogP contribution in [0, 0.1) is 0 Å². The van der Waals surface area contributed by atoms with E-state index in [0.717, 1.165) is 22.7 Å². The van der Waals surface area contributed by atoms with Gasteiger partial charge in [-0.25, -0.2) is 14.0 Å². The lowest BCUT2D eigenvalue weighted by molar-refractivity contribution is -0.122. The van der Waals surface area contributed by atoms with Crippen LogP contribution in [0.2, 0.25) is 5.02 Å². The van der Waals surface area contributed by atoms with Crippen LogP contribution in [0.1, 0.15) is 11.1 Å². The van der Waals surface area contributed by atoms with E-state index < -0.39 is 5.69 Å². The van der Waals surface area contributed by atoms with Gasteiger partial charge >= 0.3 is 5.69 Å². The molecule has 0 aliphatic carbocycles. The number of benzene rings is 2. The molecule has 158 valence electrons. The average molecular weight is 439 g/mol. The zero-order valence-corrected chi connectivity index (χ0v) is 17.5. The number of ether oxygens (including phenoxy) is 1. The highest BCUT2D eigenvalue weighted by atomic mass is 35.5. The Balaban J connectivity index is 1.40. The molecule has 1 amide bonds. The summed E-state index contributed by atoms with van der Waals surface area (Å²) in [6, 6.07) is 12.7. The highest BCUT2D eigenvalue weighted by molar-refractivity contribution is 6.31. The lowest BCUT2D eigenvalue weighted by atomic mass is 10.1. The molecular formula is C21H19ClN6O3. The summed E-state index contributed by atoms with van der Waals surface area (Å²) in [5.74, 6) is 1.64. The van der Waals surface area contributed by atoms with Gasteiger partial charge in [0.1, 0.15) is 18.1 Å². The molecule has 0 bridgehead atoms. The summed E-state index contributed by atoms with van der Waals surface area (Å²) in [4.78, 5) is 32.1. The second-order valence-corrected chi connectivity index (χ2v) is 7.66. The minimum absolute atomic E-state index is 0.189. The molecule has 1 N–H and O–H groups in total. The van der Waals surface area contributed by atoms with Crippen molar-refractivity contribution in [1.29, 1.82) is 0 Å². The van der Waals surface area contributed by atoms with E-state index in [2.05, 4.69) is 15.4 Å². The third-order valence-electron chi connectivity index (χ3n) is 5.29. The van der Waals surface area contributed by atoms with Gasteiger partial charge in [-0.3, -0.25) is 14.7 Å². The number of nitrogens with zero attached hydrogens (tertiary/aromatic N) is 5. The minimum atomic E-state index is -0.399. The molecule has 2 aliphatic heterocycles. The fourth-order valence-electron chi connectivity index (χ4n) is 3.77. The van der Waals surface area contributed by atoms with Crippen molar-refractivity contribution in [2.45, 2.75) is 13.1 Å². The molecule has 3 aromatic rings. The first-order chi connectivity index (χ1) is 15.0. The van der Waals surface area contributed by atoms with Crippen LogP contribution in [0.25, 0.3) is 5.69 Å². The van der Waals surface area contributed by atoms with Gasteiger partial charge in [0.15, 0.2) is 0 Å². The average Bonchev–Trinajstić information content (AvgIpc) is 3.38. The number of rotatable bonds is 5. The lowest BCUT2D eigenvalue weighted by Gasteiger charge is -2.26. The second kappa shape index (κ2) is 7.59. The summed E-state index contributed by atoms with van der Waals surface area (Å²) >= 11 is 6.18. The van der Waals surface area contributed by atoms with Gasteiger partial charge in [-0.1, -0.05) is 23.7 Å². The number of aliphatic imine (C=N–C) groups is 1. The van der Waals surface area contributed by atoms with Gasteiger partial charge in [-0.05, 0) is 35.9 Å². The largest absolute Gasteiger partial charge is 0.497 e. The molecule has 0 unspecified atom stereocenters. The number of methoxy groups -OCH3 is 1. The number of hydrogen-bond donors (Lipinski definition) is 1. The van der Waals surface area contributed by atoms with E-state index in [1.807, 2.05) is 35.2 Å². The second-order valence-electron chi connectivity index (χ2n) is 7.22. The summed E-state index contributed by atoms with van der Waals surface area (Å²) in [6.45, 7) is 1.38. The number of carbonyl (C=O) groups excluding carboxylic acids is 1. The maximum Gasteiger partial charge on any atom is 0.352 e. The monoisotopic (exact) mass is 438 g/mol. The lowest BCUT2D eigenvalue weighted by Crippen LogP contribution is -2.38. The van der Waals surface area contributed by atoms with Crippen molar-refractivity contribution in [3.63, 3.8) is 0 Å². The van der Waals surface area contributed by atoms with Gasteiger partial charge in [-0.2, -0.15) is 0 Å². The van der Waals surface area contributed by atoms with E-state index in [1.165, 1.54) is 9.25 Å². The first-order valence-corrected chi connectivity index (χ1v) is 10.1. The molecular weight excluding hydrogens is 420 g/mol. The fourth-order valence-corrected chi connectivity index (χ4v) is 3.94. The highest BCUT2D eigenvalue weighted by Crippen LogP contribution is 2.31. The summed E-state index contributed by atoms with van der Waals surface area (Å²) in [7, 11) is 1.60. The van der Waals surface area contributed by atoms with E-state index in [1.54, 1.807) is 19.2 Å². The molecule has 0 saturated heterocycles. The van der Waals surface area contributed by atoms with E-state index in [-0.39, 0.29) is 12.5 Å².